The first kappa shape index (κ1) is 15.2. The van der Waals surface area contributed by atoms with Crippen LogP contribution in [0.5, 0.6) is 17.2 Å². The zero-order valence-electron chi connectivity index (χ0n) is 12.3. The van der Waals surface area contributed by atoms with Crippen LogP contribution in [0.3, 0.4) is 0 Å². The van der Waals surface area contributed by atoms with Gasteiger partial charge in [-0.15, -0.1) is 0 Å². The average molecular weight is 288 g/mol. The molecule has 0 unspecified atom stereocenters. The molecule has 0 saturated heterocycles. The van der Waals surface area contributed by atoms with Crippen LogP contribution in [-0.2, 0) is 6.61 Å². The van der Waals surface area contributed by atoms with Gasteiger partial charge >= 0.3 is 0 Å². The molecule has 0 atom stereocenters. The maximum Gasteiger partial charge on any atom is 0.127 e. The Bertz CT molecular complexity index is 608. The summed E-state index contributed by atoms with van der Waals surface area (Å²) in [6, 6.07) is 10.6. The van der Waals surface area contributed by atoms with E-state index in [0.717, 1.165) is 6.42 Å². The van der Waals surface area contributed by atoms with Gasteiger partial charge in [-0.1, -0.05) is 19.1 Å². The average Bonchev–Trinajstić information content (AvgIpc) is 2.52. The first-order valence-electron chi connectivity index (χ1n) is 6.94. The SMILES string of the molecule is CCCOc1cccc(CO)c1-c1ccc(OC)cc1O. The van der Waals surface area contributed by atoms with E-state index in [0.29, 0.717) is 34.8 Å². The predicted octanol–water partition coefficient (Wildman–Crippen LogP) is 3.35. The van der Waals surface area contributed by atoms with Gasteiger partial charge in [-0.25, -0.2) is 0 Å². The zero-order chi connectivity index (χ0) is 15.2. The summed E-state index contributed by atoms with van der Waals surface area (Å²) >= 11 is 0. The van der Waals surface area contributed by atoms with Crippen LogP contribution in [0.2, 0.25) is 0 Å². The monoisotopic (exact) mass is 288 g/mol. The Balaban J connectivity index is 2.55. The fourth-order valence-corrected chi connectivity index (χ4v) is 2.20. The molecule has 0 radical (unpaired) electrons. The summed E-state index contributed by atoms with van der Waals surface area (Å²) in [5.74, 6) is 1.33. The van der Waals surface area contributed by atoms with Crippen molar-refractivity contribution in [3.05, 3.63) is 42.0 Å². The topological polar surface area (TPSA) is 58.9 Å². The largest absolute Gasteiger partial charge is 0.507 e. The van der Waals surface area contributed by atoms with Crippen molar-refractivity contribution in [2.24, 2.45) is 0 Å². The Hall–Kier alpha value is -2.20. The van der Waals surface area contributed by atoms with Crippen LogP contribution in [0.4, 0.5) is 0 Å². The van der Waals surface area contributed by atoms with E-state index in [2.05, 4.69) is 0 Å². The second kappa shape index (κ2) is 6.99. The molecule has 4 nitrogen and oxygen atoms in total. The number of aliphatic hydroxyl groups excluding tert-OH is 1. The Kier molecular flexibility index (Phi) is 5.06. The van der Waals surface area contributed by atoms with E-state index in [1.54, 1.807) is 25.3 Å². The number of aromatic hydroxyl groups is 1. The second-order valence-electron chi connectivity index (χ2n) is 4.68. The summed E-state index contributed by atoms with van der Waals surface area (Å²) < 4.78 is 10.8. The molecule has 2 aromatic rings. The maximum absolute atomic E-state index is 10.2. The molecule has 0 aliphatic carbocycles. The highest BCUT2D eigenvalue weighted by Gasteiger charge is 2.15. The van der Waals surface area contributed by atoms with Crippen LogP contribution in [0, 0.1) is 0 Å². The minimum Gasteiger partial charge on any atom is -0.507 e. The predicted molar refractivity (Wildman–Crippen MR) is 81.8 cm³/mol. The fourth-order valence-electron chi connectivity index (χ4n) is 2.20. The van der Waals surface area contributed by atoms with Crippen molar-refractivity contribution < 1.29 is 19.7 Å². The third-order valence-corrected chi connectivity index (χ3v) is 3.22. The molecule has 0 spiro atoms. The van der Waals surface area contributed by atoms with Crippen molar-refractivity contribution in [3.8, 4) is 28.4 Å². The van der Waals surface area contributed by atoms with Crippen molar-refractivity contribution in [3.63, 3.8) is 0 Å². The first-order chi connectivity index (χ1) is 10.2. The summed E-state index contributed by atoms with van der Waals surface area (Å²) in [5.41, 5.74) is 2.05. The molecule has 0 fully saturated rings. The molecule has 112 valence electrons. The molecule has 0 saturated carbocycles. The number of hydrogen-bond acceptors (Lipinski definition) is 4. The van der Waals surface area contributed by atoms with Gasteiger partial charge in [0.2, 0.25) is 0 Å². The number of hydrogen-bond donors (Lipinski definition) is 2. The molecule has 2 aromatic carbocycles. The highest BCUT2D eigenvalue weighted by molar-refractivity contribution is 5.79. The molecule has 21 heavy (non-hydrogen) atoms. The maximum atomic E-state index is 10.2. The van der Waals surface area contributed by atoms with Crippen LogP contribution in [0.15, 0.2) is 36.4 Å². The molecule has 2 rings (SSSR count). The Labute approximate surface area is 124 Å². The minimum atomic E-state index is -0.121. The van der Waals surface area contributed by atoms with Gasteiger partial charge in [0, 0.05) is 17.2 Å². The smallest absolute Gasteiger partial charge is 0.127 e. The number of ether oxygens (including phenoxy) is 2. The Morgan fingerprint density at radius 2 is 1.95 bits per heavy atom. The van der Waals surface area contributed by atoms with Gasteiger partial charge in [-0.05, 0) is 30.2 Å². The lowest BCUT2D eigenvalue weighted by atomic mass is 9.98. The molecular formula is C17H20O4. The molecule has 0 aliphatic heterocycles. The quantitative estimate of drug-likeness (QED) is 0.856. The van der Waals surface area contributed by atoms with E-state index in [9.17, 15) is 10.2 Å². The number of rotatable bonds is 6. The first-order valence-corrected chi connectivity index (χ1v) is 6.94. The normalized spacial score (nSPS) is 10.4. The molecule has 0 aromatic heterocycles. The number of phenols is 1. The van der Waals surface area contributed by atoms with E-state index in [1.807, 2.05) is 25.1 Å². The van der Waals surface area contributed by atoms with Crippen molar-refractivity contribution in [1.82, 2.24) is 0 Å². The van der Waals surface area contributed by atoms with Gasteiger partial charge in [0.15, 0.2) is 0 Å². The highest BCUT2D eigenvalue weighted by atomic mass is 16.5. The standard InChI is InChI=1S/C17H20O4/c1-3-9-21-16-6-4-5-12(11-18)17(16)14-8-7-13(20-2)10-15(14)19/h4-8,10,18-19H,3,9,11H2,1-2H3. The third-order valence-electron chi connectivity index (χ3n) is 3.22. The molecule has 0 bridgehead atoms. The number of phenolic OH excluding ortho intramolecular Hbond substituents is 1. The lowest BCUT2D eigenvalue weighted by molar-refractivity contribution is 0.280. The van der Waals surface area contributed by atoms with Crippen LogP contribution >= 0.6 is 0 Å². The van der Waals surface area contributed by atoms with E-state index in [4.69, 9.17) is 9.47 Å². The number of methoxy groups -OCH3 is 1. The van der Waals surface area contributed by atoms with Gasteiger partial charge in [0.25, 0.3) is 0 Å². The van der Waals surface area contributed by atoms with Crippen molar-refractivity contribution in [2.45, 2.75) is 20.0 Å². The van der Waals surface area contributed by atoms with E-state index in [1.165, 1.54) is 0 Å². The fraction of sp³-hybridized carbons (Fsp3) is 0.294. The summed E-state index contributed by atoms with van der Waals surface area (Å²) in [6.07, 6.45) is 0.886. The number of benzene rings is 2. The van der Waals surface area contributed by atoms with Crippen molar-refractivity contribution >= 4 is 0 Å². The van der Waals surface area contributed by atoms with Crippen LogP contribution in [0.25, 0.3) is 11.1 Å². The van der Waals surface area contributed by atoms with Crippen LogP contribution < -0.4 is 9.47 Å². The summed E-state index contributed by atoms with van der Waals surface area (Å²) in [4.78, 5) is 0. The van der Waals surface area contributed by atoms with Crippen molar-refractivity contribution in [1.29, 1.82) is 0 Å². The van der Waals surface area contributed by atoms with Gasteiger partial charge in [0.05, 0.1) is 20.3 Å². The minimum absolute atomic E-state index is 0.0941. The summed E-state index contributed by atoms with van der Waals surface area (Å²) in [6.45, 7) is 2.49. The molecular weight excluding hydrogens is 268 g/mol. The van der Waals surface area contributed by atoms with Crippen molar-refractivity contribution in [2.75, 3.05) is 13.7 Å². The van der Waals surface area contributed by atoms with Gasteiger partial charge in [0.1, 0.15) is 17.2 Å². The van der Waals surface area contributed by atoms with Crippen LogP contribution in [0.1, 0.15) is 18.9 Å². The zero-order valence-corrected chi connectivity index (χ0v) is 12.3. The molecule has 0 heterocycles. The van der Waals surface area contributed by atoms with E-state index in [-0.39, 0.29) is 12.4 Å². The van der Waals surface area contributed by atoms with Gasteiger partial charge < -0.3 is 19.7 Å². The third kappa shape index (κ3) is 3.28. The van der Waals surface area contributed by atoms with Crippen LogP contribution in [-0.4, -0.2) is 23.9 Å². The Morgan fingerprint density at radius 3 is 2.57 bits per heavy atom. The molecule has 0 amide bonds. The second-order valence-corrected chi connectivity index (χ2v) is 4.68. The summed E-state index contributed by atoms with van der Waals surface area (Å²) in [5, 5.41) is 19.8. The highest BCUT2D eigenvalue weighted by Crippen LogP contribution is 2.40. The molecule has 4 heteroatoms. The number of aliphatic hydroxyl groups is 1. The lowest BCUT2D eigenvalue weighted by Gasteiger charge is -2.16. The molecule has 2 N–H and O–H groups in total. The Morgan fingerprint density at radius 1 is 1.14 bits per heavy atom. The van der Waals surface area contributed by atoms with E-state index < -0.39 is 0 Å². The molecule has 0 aliphatic rings. The lowest BCUT2D eigenvalue weighted by Crippen LogP contribution is -2.00. The van der Waals surface area contributed by atoms with E-state index >= 15 is 0 Å². The van der Waals surface area contributed by atoms with Gasteiger partial charge in [-0.3, -0.25) is 0 Å². The van der Waals surface area contributed by atoms with Gasteiger partial charge in [-0.2, -0.15) is 0 Å². The summed E-state index contributed by atoms with van der Waals surface area (Å²) in [7, 11) is 1.55.